The quantitative estimate of drug-likeness (QED) is 0.270. The average molecular weight is 8640 g/mol. The molecular weight excluding hydrogens is 8600 g/mol. The average Bonchev–Trinajstić information content (AvgIpc) is 2.03. The fraction of sp³-hybridized carbons (Fsp3) is 0.667. The van der Waals surface area contributed by atoms with E-state index in [0.29, 0.717) is 0 Å². The predicted molar refractivity (Wildman–Crippen MR) is 71.0 cm³/mol. The standard InChI is InChI=1S/4C2H6.4CH3.46W/c4*1-2;;;;;;;;;;;;;;;;;;;;;;;;;;;;;;;;;;;;;;;;;;;;;;;;;;/h4*1-2H3;4*1H3;;;;;;;;;;;;;;;;;;;;;;;;;;;;;;;;;;;;;;;;;;;;;;/q;;;;4*-1;;;;;;;;;;;;;;;;;;;;;;;;;;;;;;;;;;;;;;;;;;;;;;. The van der Waals surface area contributed by atoms with Gasteiger partial charge in [0.15, 0.2) is 0 Å². The van der Waals surface area contributed by atoms with Crippen LogP contribution in [0.1, 0.15) is 55.4 Å². The van der Waals surface area contributed by atoms with Gasteiger partial charge < -0.3 is 29.7 Å². The molecule has 0 heterocycles. The Hall–Kier alpha value is 31.7. The van der Waals surface area contributed by atoms with Crippen molar-refractivity contribution in [3.63, 3.8) is 0 Å². The summed E-state index contributed by atoms with van der Waals surface area (Å²) >= 11 is 0. The van der Waals surface area contributed by atoms with E-state index in [2.05, 4.69) is 0 Å². The molecule has 364 valence electrons. The van der Waals surface area contributed by atoms with Crippen LogP contribution in [0.25, 0.3) is 0 Å². The molecule has 0 spiro atoms. The van der Waals surface area contributed by atoms with E-state index in [1.54, 1.807) is 0 Å². The van der Waals surface area contributed by atoms with Crippen LogP contribution in [-0.2, 0) is 969 Å². The van der Waals surface area contributed by atoms with E-state index >= 15 is 0 Å². The van der Waals surface area contributed by atoms with Gasteiger partial charge in [0.25, 0.3) is 0 Å². The first-order valence-corrected chi connectivity index (χ1v) is 4.00. The Morgan fingerprint density at radius 2 is 0.0690 bits per heavy atom. The van der Waals surface area contributed by atoms with E-state index < -0.39 is 0 Å². The summed E-state index contributed by atoms with van der Waals surface area (Å²) < 4.78 is 0. The van der Waals surface area contributed by atoms with Crippen LogP contribution in [0.5, 0.6) is 0 Å². The Morgan fingerprint density at radius 1 is 0.0690 bits per heavy atom. The second kappa shape index (κ2) is 680. The van der Waals surface area contributed by atoms with Gasteiger partial charge in [0.2, 0.25) is 0 Å². The molecular formula is C12H36W46-4. The molecule has 0 N–H and O–H groups in total. The number of hydrogen-bond donors (Lipinski definition) is 0. The van der Waals surface area contributed by atoms with Gasteiger partial charge in [-0.3, -0.25) is 0 Å². The zero-order valence-electron chi connectivity index (χ0n) is 30.8. The molecule has 0 aromatic carbocycles. The first-order chi connectivity index (χ1) is 4.00. The van der Waals surface area contributed by atoms with Gasteiger partial charge >= 0.3 is 0 Å². The zero-order chi connectivity index (χ0) is 8.00. The third-order valence-corrected chi connectivity index (χ3v) is 0. The third-order valence-electron chi connectivity index (χ3n) is 0. The van der Waals surface area contributed by atoms with Gasteiger partial charge in [0.05, 0.1) is 0 Å². The van der Waals surface area contributed by atoms with Gasteiger partial charge in [-0.05, 0) is 0 Å². The minimum Gasteiger partial charge on any atom is -0.358 e. The maximum atomic E-state index is 2.00. The van der Waals surface area contributed by atoms with Crippen LogP contribution in [0.2, 0.25) is 0 Å². The molecule has 0 nitrogen and oxygen atoms in total. The van der Waals surface area contributed by atoms with Gasteiger partial charge in [-0.15, -0.1) is 0 Å². The van der Waals surface area contributed by atoms with Gasteiger partial charge in [-0.25, -0.2) is 0 Å². The summed E-state index contributed by atoms with van der Waals surface area (Å²) in [7, 11) is 0. The van der Waals surface area contributed by atoms with Crippen molar-refractivity contribution in [1.29, 1.82) is 0 Å². The molecule has 0 fully saturated rings. The van der Waals surface area contributed by atoms with E-state index in [9.17, 15) is 0 Å². The zero-order valence-corrected chi connectivity index (χ0v) is 166. The molecule has 0 saturated carbocycles. The molecule has 0 bridgehead atoms. The molecule has 0 rings (SSSR count). The Labute approximate surface area is 1020 Å². The second-order valence-electron chi connectivity index (χ2n) is 0. The summed E-state index contributed by atoms with van der Waals surface area (Å²) in [6, 6.07) is 0. The smallest absolute Gasteiger partial charge is 0 e. The molecule has 0 saturated heterocycles. The number of hydrogen-bond acceptors (Lipinski definition) is 0. The Morgan fingerprint density at radius 3 is 0.0690 bits per heavy atom. The van der Waals surface area contributed by atoms with E-state index in [0.717, 1.165) is 0 Å². The van der Waals surface area contributed by atoms with Crippen molar-refractivity contribution in [1.82, 2.24) is 0 Å². The number of rotatable bonds is 0. The predicted octanol–water partition coefficient (Wildman–Crippen LogP) is 5.79. The van der Waals surface area contributed by atoms with Crippen molar-refractivity contribution in [2.45, 2.75) is 55.4 Å². The van der Waals surface area contributed by atoms with Gasteiger partial charge in [-0.2, -0.15) is 0 Å². The maximum Gasteiger partial charge on any atom is 0 e. The summed E-state index contributed by atoms with van der Waals surface area (Å²) in [6.45, 7) is 16.0. The minimum absolute atomic E-state index is 0. The van der Waals surface area contributed by atoms with Crippen LogP contribution in [0, 0.1) is 29.7 Å². The first kappa shape index (κ1) is 554. The fourth-order valence-corrected chi connectivity index (χ4v) is 0. The van der Waals surface area contributed by atoms with E-state index in [1.807, 2.05) is 55.4 Å². The molecule has 0 aromatic heterocycles. The summed E-state index contributed by atoms with van der Waals surface area (Å²) in [5.41, 5.74) is 0. The molecule has 46 heteroatoms. The molecule has 0 aliphatic rings. The SMILES string of the molecule is CC.CC.CC.CC.[CH3-].[CH3-].[CH3-].[CH3-].[W].[W].[W].[W].[W].[W].[W].[W].[W].[W].[W].[W].[W].[W].[W].[W].[W].[W].[W].[W].[W].[W].[W].[W].[W].[W].[W].[W].[W].[W].[W].[W].[W].[W].[W].[W].[W].[W].[W].[W].[W].[W].[W].[W].[W].[W]. The van der Waals surface area contributed by atoms with E-state index in [1.165, 1.54) is 0 Å². The van der Waals surface area contributed by atoms with Crippen molar-refractivity contribution < 1.29 is 969 Å². The molecule has 0 aliphatic carbocycles. The van der Waals surface area contributed by atoms with Crippen molar-refractivity contribution in [2.24, 2.45) is 0 Å². The van der Waals surface area contributed by atoms with Gasteiger partial charge in [0, 0.05) is 969 Å². The maximum absolute atomic E-state index is 2.00. The van der Waals surface area contributed by atoms with Crippen molar-refractivity contribution in [3.05, 3.63) is 29.7 Å². The topological polar surface area (TPSA) is 0 Å². The van der Waals surface area contributed by atoms with Crippen LogP contribution in [-0.4, -0.2) is 0 Å². The summed E-state index contributed by atoms with van der Waals surface area (Å²) in [5, 5.41) is 0. The largest absolute Gasteiger partial charge is 0.358 e. The van der Waals surface area contributed by atoms with Crippen molar-refractivity contribution in [2.75, 3.05) is 0 Å². The molecule has 0 radical (unpaired) electrons. The molecule has 0 unspecified atom stereocenters. The Bertz CT molecular complexity index is 42.7. The van der Waals surface area contributed by atoms with Crippen LogP contribution in [0.3, 0.4) is 0 Å². The van der Waals surface area contributed by atoms with Gasteiger partial charge in [-0.1, -0.05) is 55.4 Å². The van der Waals surface area contributed by atoms with Gasteiger partial charge in [0.1, 0.15) is 0 Å². The van der Waals surface area contributed by atoms with Crippen LogP contribution >= 0.6 is 0 Å². The minimum atomic E-state index is 0. The van der Waals surface area contributed by atoms with E-state index in [4.69, 9.17) is 0 Å². The molecule has 0 aromatic rings. The monoisotopic (exact) mass is 8640 g/mol. The van der Waals surface area contributed by atoms with Crippen molar-refractivity contribution in [3.8, 4) is 0 Å². The first-order valence-electron chi connectivity index (χ1n) is 4.00. The van der Waals surface area contributed by atoms with Crippen LogP contribution in [0.4, 0.5) is 0 Å². The summed E-state index contributed by atoms with van der Waals surface area (Å²) in [4.78, 5) is 0. The summed E-state index contributed by atoms with van der Waals surface area (Å²) in [5.74, 6) is 0. The summed E-state index contributed by atoms with van der Waals surface area (Å²) in [6.07, 6.45) is 0. The molecule has 58 heavy (non-hydrogen) atoms. The molecule has 0 aliphatic heterocycles. The molecule has 0 amide bonds. The molecule has 0 atom stereocenters. The van der Waals surface area contributed by atoms with Crippen LogP contribution in [0.15, 0.2) is 0 Å². The third kappa shape index (κ3) is 657. The fourth-order valence-electron chi connectivity index (χ4n) is 0. The van der Waals surface area contributed by atoms with Crippen LogP contribution < -0.4 is 0 Å². The Balaban J connectivity index is -0.0000000000549. The van der Waals surface area contributed by atoms with Crippen molar-refractivity contribution >= 4 is 0 Å². The van der Waals surface area contributed by atoms with E-state index in [-0.39, 0.29) is 999 Å². The Kier molecular flexibility index (Phi) is 6490. The second-order valence-corrected chi connectivity index (χ2v) is 0. The normalized spacial score (nSPS) is 0.414.